The van der Waals surface area contributed by atoms with Gasteiger partial charge in [0.1, 0.15) is 29.3 Å². The van der Waals surface area contributed by atoms with Gasteiger partial charge in [-0.2, -0.15) is 8.62 Å². The Morgan fingerprint density at radius 1 is 0.849 bits per heavy atom. The number of allylic oxidation sites excluding steroid dienone is 4. The molecule has 0 radical (unpaired) electrons. The minimum atomic E-state index is -6.06. The first-order valence-corrected chi connectivity index (χ1v) is 28.7. The molecule has 22 nitrogen and oxygen atoms in total. The third-order valence-corrected chi connectivity index (χ3v) is 17.9. The summed E-state index contributed by atoms with van der Waals surface area (Å²) in [5, 5.41) is 8.91. The summed E-state index contributed by atoms with van der Waals surface area (Å²) in [7, 11) is -17.9. The van der Waals surface area contributed by atoms with Crippen molar-refractivity contribution in [1.29, 1.82) is 0 Å². The molecule has 2 saturated heterocycles. The number of ether oxygens (including phenoxy) is 7. The summed E-state index contributed by atoms with van der Waals surface area (Å²) < 4.78 is 95.9. The van der Waals surface area contributed by atoms with Crippen LogP contribution in [-0.2, 0) is 62.0 Å². The van der Waals surface area contributed by atoms with E-state index < -0.39 is 92.7 Å². The van der Waals surface area contributed by atoms with Gasteiger partial charge in [0.2, 0.25) is 0 Å². The van der Waals surface area contributed by atoms with Gasteiger partial charge in [0, 0.05) is 48.5 Å². The second-order valence-electron chi connectivity index (χ2n) is 20.3. The van der Waals surface area contributed by atoms with Gasteiger partial charge in [0.05, 0.1) is 63.3 Å². The largest absolute Gasteiger partial charge is 0.536 e. The van der Waals surface area contributed by atoms with E-state index in [0.717, 1.165) is 11.1 Å². The number of hydrogen-bond acceptors (Lipinski definition) is 18. The van der Waals surface area contributed by atoms with Crippen molar-refractivity contribution in [2.24, 2.45) is 17.8 Å². The maximum absolute atomic E-state index is 16.4. The van der Waals surface area contributed by atoms with E-state index in [-0.39, 0.29) is 106 Å². The number of morpholine rings is 1. The standard InChI is InChI=1S/C48H68NO21P3/c1-29(2)10-9-15-46(8)16-14-33-40(65-46)32(12-11-30(3)4)41-36(42(33)67-72(57,58)70-73(59,60)69-71(54,55)56)39(51)37-38(49-18-21-61-22-19-49)34-28-35-45(6,7)68-47(43(34)52,48(35,37)66-41)17-13-31(5)44(53)64-27-26-63-25-24-62-23-20-50/h10-11,13-14,16,34-35,37-38,50H,9,12,15,17-28H2,1-8H3,(H,57,58)(H,59,60)(H2,54,55,56)/b31-13-. The Bertz CT molecular complexity index is 2590. The van der Waals surface area contributed by atoms with Gasteiger partial charge in [-0.05, 0) is 93.2 Å². The molecule has 1 aromatic carbocycles. The number of aliphatic hydroxyl groups excluding tert-OH is 1. The van der Waals surface area contributed by atoms with Crippen LogP contribution in [0.1, 0.15) is 103 Å². The highest BCUT2D eigenvalue weighted by Crippen LogP contribution is 2.72. The van der Waals surface area contributed by atoms with E-state index in [1.54, 1.807) is 6.08 Å². The highest BCUT2D eigenvalue weighted by atomic mass is 31.3. The van der Waals surface area contributed by atoms with Crippen molar-refractivity contribution in [2.45, 2.75) is 116 Å². The second kappa shape index (κ2) is 21.9. The Hall–Kier alpha value is -3.40. The van der Waals surface area contributed by atoms with Crippen LogP contribution < -0.4 is 14.0 Å². The molecular weight excluding hydrogens is 1020 g/mol. The smallest absolute Gasteiger partial charge is 0.482 e. The summed E-state index contributed by atoms with van der Waals surface area (Å²) in [6, 6.07) is -0.857. The molecule has 73 heavy (non-hydrogen) atoms. The normalized spacial score (nSPS) is 29.7. The third-order valence-electron chi connectivity index (χ3n) is 14.2. The maximum Gasteiger partial charge on any atom is 0.536 e. The fourth-order valence-corrected chi connectivity index (χ4v) is 14.3. The number of fused-ring (bicyclic) bond motifs is 2. The number of phosphoric acid groups is 3. The number of carbonyl (C=O) groups excluding carboxylic acids is 3. The van der Waals surface area contributed by atoms with Gasteiger partial charge < -0.3 is 57.5 Å². The Balaban J connectivity index is 1.43. The van der Waals surface area contributed by atoms with Crippen molar-refractivity contribution < 1.29 is 99.1 Å². The van der Waals surface area contributed by atoms with Crippen LogP contribution in [-0.4, -0.2) is 142 Å². The Kier molecular flexibility index (Phi) is 17.2. The molecule has 9 unspecified atom stereocenters. The molecule has 4 aliphatic heterocycles. The lowest BCUT2D eigenvalue weighted by Gasteiger charge is -2.64. The Morgan fingerprint density at radius 3 is 2.15 bits per heavy atom. The van der Waals surface area contributed by atoms with Crippen molar-refractivity contribution in [3.05, 3.63) is 57.7 Å². The number of rotatable bonds is 23. The molecule has 5 fully saturated rings. The lowest BCUT2D eigenvalue weighted by atomic mass is 9.44. The van der Waals surface area contributed by atoms with Gasteiger partial charge in [0.25, 0.3) is 0 Å². The quantitative estimate of drug-likeness (QED) is 0.0271. The van der Waals surface area contributed by atoms with Crippen LogP contribution in [0.5, 0.6) is 17.2 Å². The van der Waals surface area contributed by atoms with Crippen LogP contribution in [0.4, 0.5) is 0 Å². The van der Waals surface area contributed by atoms with Crippen LogP contribution in [0.2, 0.25) is 0 Å². The summed E-state index contributed by atoms with van der Waals surface area (Å²) in [6.45, 7) is 16.2. The molecule has 406 valence electrons. The van der Waals surface area contributed by atoms with E-state index in [1.165, 1.54) is 19.1 Å². The van der Waals surface area contributed by atoms with Crippen LogP contribution in [0, 0.1) is 17.8 Å². The molecule has 0 amide bonds. The zero-order valence-corrected chi connectivity index (χ0v) is 45.0. The summed E-state index contributed by atoms with van der Waals surface area (Å²) >= 11 is 0. The van der Waals surface area contributed by atoms with E-state index in [1.807, 2.05) is 65.5 Å². The minimum Gasteiger partial charge on any atom is -0.482 e. The third kappa shape index (κ3) is 11.8. The van der Waals surface area contributed by atoms with Crippen LogP contribution in [0.25, 0.3) is 6.08 Å². The molecule has 5 N–H and O–H groups in total. The molecule has 3 saturated carbocycles. The Morgan fingerprint density at radius 2 is 1.51 bits per heavy atom. The van der Waals surface area contributed by atoms with Gasteiger partial charge >= 0.3 is 29.4 Å². The second-order valence-corrected chi connectivity index (χ2v) is 24.7. The molecule has 9 atom stereocenters. The van der Waals surface area contributed by atoms with Crippen molar-refractivity contribution in [1.82, 2.24) is 4.90 Å². The SMILES string of the molecule is CC(C)=CCCC1(C)C=Cc2c(c(CC=C(C)C)c3c(c2OP(=O)(O)OP(=O)(O)OP(=O)(O)O)C(=O)C2C(N4CCOCC4)C4CC5C(C)(C)OC(C/C=C(/C)C(=O)OCCOCCOCCO)(C4=O)C25O3)O1. The maximum atomic E-state index is 16.4. The number of benzene rings is 1. The van der Waals surface area contributed by atoms with Gasteiger partial charge in [-0.1, -0.05) is 29.4 Å². The molecule has 1 spiro atoms. The van der Waals surface area contributed by atoms with E-state index in [0.29, 0.717) is 25.9 Å². The molecule has 1 aromatic rings. The van der Waals surface area contributed by atoms with E-state index in [9.17, 15) is 38.1 Å². The zero-order valence-electron chi connectivity index (χ0n) is 42.4. The monoisotopic (exact) mass is 1090 g/mol. The summed E-state index contributed by atoms with van der Waals surface area (Å²) in [4.78, 5) is 87.8. The van der Waals surface area contributed by atoms with Crippen LogP contribution >= 0.6 is 23.5 Å². The minimum absolute atomic E-state index is 0.0389. The molecule has 7 aliphatic rings. The first-order valence-electron chi connectivity index (χ1n) is 24.2. The Labute approximate surface area is 424 Å². The molecule has 0 aromatic heterocycles. The lowest BCUT2D eigenvalue weighted by molar-refractivity contribution is -0.216. The van der Waals surface area contributed by atoms with Gasteiger partial charge in [-0.25, -0.2) is 18.5 Å². The number of hydrogen-bond donors (Lipinski definition) is 5. The molecule has 8 rings (SSSR count). The first kappa shape index (κ1) is 57.3. The summed E-state index contributed by atoms with van der Waals surface area (Å²) in [5.74, 6) is -5.40. The molecule has 4 bridgehead atoms. The molecule has 25 heteroatoms. The number of aliphatic hydroxyl groups is 1. The van der Waals surface area contributed by atoms with Crippen molar-refractivity contribution >= 4 is 47.1 Å². The highest BCUT2D eigenvalue weighted by molar-refractivity contribution is 7.66. The number of phosphoric ester groups is 1. The first-order chi connectivity index (χ1) is 34.1. The average molecular weight is 1090 g/mol. The highest BCUT2D eigenvalue weighted by Gasteiger charge is 2.86. The molecular formula is C48H68NO21P3. The zero-order chi connectivity index (χ0) is 53.5. The van der Waals surface area contributed by atoms with E-state index in [2.05, 4.69) is 8.62 Å². The van der Waals surface area contributed by atoms with Gasteiger partial charge in [-0.15, -0.1) is 0 Å². The molecule has 3 aliphatic carbocycles. The number of carbonyl (C=O) groups is 3. The predicted octanol–water partition coefficient (Wildman–Crippen LogP) is 6.11. The topological polar surface area (TPSA) is 299 Å². The fraction of sp³-hybridized carbons (Fsp3) is 0.646. The predicted molar refractivity (Wildman–Crippen MR) is 261 cm³/mol. The van der Waals surface area contributed by atoms with E-state index in [4.69, 9.17) is 42.8 Å². The van der Waals surface area contributed by atoms with Crippen molar-refractivity contribution in [2.75, 3.05) is 65.9 Å². The number of nitrogens with zero attached hydrogens (tertiary/aromatic N) is 1. The fourth-order valence-electron chi connectivity index (χ4n) is 11.3. The number of ketones is 2. The van der Waals surface area contributed by atoms with Crippen molar-refractivity contribution in [3.63, 3.8) is 0 Å². The number of esters is 1. The number of Topliss-reactive ketones (excluding diaryl/α,β-unsaturated/α-hetero) is 2. The summed E-state index contributed by atoms with van der Waals surface area (Å²) in [5.41, 5.74) is -4.10. The van der Waals surface area contributed by atoms with Crippen LogP contribution in [0.3, 0.4) is 0 Å². The summed E-state index contributed by atoms with van der Waals surface area (Å²) in [6.07, 6.45) is 9.65. The average Bonchev–Trinajstić information content (AvgIpc) is 3.43. The van der Waals surface area contributed by atoms with Crippen LogP contribution in [0.15, 0.2) is 41.0 Å². The van der Waals surface area contributed by atoms with Gasteiger partial charge in [0.15, 0.2) is 28.5 Å². The van der Waals surface area contributed by atoms with Gasteiger partial charge in [-0.3, -0.25) is 19.4 Å². The molecule has 4 heterocycles. The van der Waals surface area contributed by atoms with Crippen molar-refractivity contribution in [3.8, 4) is 17.2 Å². The van der Waals surface area contributed by atoms with E-state index >= 15 is 9.59 Å². The lowest BCUT2D eigenvalue weighted by Crippen LogP contribution is -2.82.